The zero-order valence-corrected chi connectivity index (χ0v) is 11.5. The standard InChI is InChI=1S/C12H10BrF2NO3/c1-2-18-11(17)9-7(5-13)3-4-8(6-16)10(9)19-12(14)15/h3-4,12H,2,5H2,1H3. The van der Waals surface area contributed by atoms with Gasteiger partial charge < -0.3 is 9.47 Å². The number of esters is 1. The maximum Gasteiger partial charge on any atom is 0.387 e. The van der Waals surface area contributed by atoms with Crippen LogP contribution in [0.1, 0.15) is 28.4 Å². The molecule has 0 amide bonds. The summed E-state index contributed by atoms with van der Waals surface area (Å²) in [7, 11) is 0. The van der Waals surface area contributed by atoms with Crippen molar-refractivity contribution in [2.75, 3.05) is 6.61 Å². The van der Waals surface area contributed by atoms with Crippen molar-refractivity contribution < 1.29 is 23.0 Å². The topological polar surface area (TPSA) is 59.3 Å². The molecule has 102 valence electrons. The molecule has 0 fully saturated rings. The van der Waals surface area contributed by atoms with E-state index < -0.39 is 18.3 Å². The molecule has 0 aliphatic rings. The van der Waals surface area contributed by atoms with Gasteiger partial charge in [-0.2, -0.15) is 14.0 Å². The zero-order chi connectivity index (χ0) is 14.4. The number of hydrogen-bond donors (Lipinski definition) is 0. The van der Waals surface area contributed by atoms with Gasteiger partial charge in [-0.3, -0.25) is 0 Å². The number of halogens is 3. The van der Waals surface area contributed by atoms with Crippen LogP contribution < -0.4 is 4.74 Å². The van der Waals surface area contributed by atoms with Crippen LogP contribution in [-0.2, 0) is 10.1 Å². The Labute approximate surface area is 117 Å². The van der Waals surface area contributed by atoms with Gasteiger partial charge in [0.15, 0.2) is 5.75 Å². The molecule has 0 aliphatic heterocycles. The zero-order valence-electron chi connectivity index (χ0n) is 9.95. The first-order chi connectivity index (χ1) is 9.04. The maximum absolute atomic E-state index is 12.4. The number of ether oxygens (including phenoxy) is 2. The van der Waals surface area contributed by atoms with E-state index >= 15 is 0 Å². The molecule has 0 bridgehead atoms. The van der Waals surface area contributed by atoms with Crippen molar-refractivity contribution in [3.05, 3.63) is 28.8 Å². The van der Waals surface area contributed by atoms with E-state index in [-0.39, 0.29) is 23.1 Å². The van der Waals surface area contributed by atoms with Gasteiger partial charge in [-0.25, -0.2) is 4.79 Å². The Bertz CT molecular complexity index is 514. The molecule has 0 saturated heterocycles. The van der Waals surface area contributed by atoms with Crippen molar-refractivity contribution in [1.29, 1.82) is 5.26 Å². The summed E-state index contributed by atoms with van der Waals surface area (Å²) in [4.78, 5) is 11.8. The molecule has 0 heterocycles. The van der Waals surface area contributed by atoms with Crippen molar-refractivity contribution in [2.45, 2.75) is 18.9 Å². The molecule has 0 atom stereocenters. The Balaban J connectivity index is 3.43. The average molecular weight is 334 g/mol. The van der Waals surface area contributed by atoms with Crippen LogP contribution in [0.15, 0.2) is 12.1 Å². The third-order valence-corrected chi connectivity index (χ3v) is 2.80. The smallest absolute Gasteiger partial charge is 0.387 e. The third kappa shape index (κ3) is 3.64. The van der Waals surface area contributed by atoms with E-state index in [1.54, 1.807) is 13.0 Å². The molecule has 1 rings (SSSR count). The molecule has 0 saturated carbocycles. The first kappa shape index (κ1) is 15.4. The van der Waals surface area contributed by atoms with Crippen LogP contribution in [0.25, 0.3) is 0 Å². The van der Waals surface area contributed by atoms with Gasteiger partial charge in [-0.1, -0.05) is 22.0 Å². The van der Waals surface area contributed by atoms with E-state index in [0.717, 1.165) is 0 Å². The number of alkyl halides is 3. The summed E-state index contributed by atoms with van der Waals surface area (Å²) in [6, 6.07) is 4.51. The van der Waals surface area contributed by atoms with Crippen LogP contribution in [0.5, 0.6) is 5.75 Å². The van der Waals surface area contributed by atoms with Crippen molar-refractivity contribution >= 4 is 21.9 Å². The molecule has 0 spiro atoms. The van der Waals surface area contributed by atoms with Crippen molar-refractivity contribution in [2.24, 2.45) is 0 Å². The molecule has 7 heteroatoms. The third-order valence-electron chi connectivity index (χ3n) is 2.19. The van der Waals surface area contributed by atoms with Gasteiger partial charge in [0.2, 0.25) is 0 Å². The number of benzene rings is 1. The normalized spacial score (nSPS) is 10.1. The molecule has 0 unspecified atom stereocenters. The van der Waals surface area contributed by atoms with Gasteiger partial charge >= 0.3 is 12.6 Å². The minimum Gasteiger partial charge on any atom is -0.462 e. The predicted molar refractivity (Wildman–Crippen MR) is 66.4 cm³/mol. The summed E-state index contributed by atoms with van der Waals surface area (Å²) in [5, 5.41) is 9.13. The molecule has 1 aromatic rings. The SMILES string of the molecule is CCOC(=O)c1c(CBr)ccc(C#N)c1OC(F)F. The van der Waals surface area contributed by atoms with Gasteiger partial charge in [-0.05, 0) is 18.6 Å². The van der Waals surface area contributed by atoms with Crippen LogP contribution in [0.4, 0.5) is 8.78 Å². The van der Waals surface area contributed by atoms with Crippen LogP contribution in [0.3, 0.4) is 0 Å². The lowest BCUT2D eigenvalue weighted by Crippen LogP contribution is -2.14. The van der Waals surface area contributed by atoms with Crippen LogP contribution in [0, 0.1) is 11.3 Å². The second-order valence-corrected chi connectivity index (χ2v) is 3.88. The lowest BCUT2D eigenvalue weighted by Gasteiger charge is -2.14. The Morgan fingerprint density at radius 1 is 1.53 bits per heavy atom. The van der Waals surface area contributed by atoms with Crippen molar-refractivity contribution in [3.63, 3.8) is 0 Å². The van der Waals surface area contributed by atoms with E-state index in [9.17, 15) is 13.6 Å². The van der Waals surface area contributed by atoms with E-state index in [1.165, 1.54) is 12.1 Å². The maximum atomic E-state index is 12.4. The van der Waals surface area contributed by atoms with Gasteiger partial charge in [0.1, 0.15) is 11.6 Å². The van der Waals surface area contributed by atoms with E-state index in [0.29, 0.717) is 5.56 Å². The van der Waals surface area contributed by atoms with Gasteiger partial charge in [0.05, 0.1) is 12.2 Å². The summed E-state index contributed by atoms with van der Waals surface area (Å²) in [6.45, 7) is -1.45. The Morgan fingerprint density at radius 2 is 2.21 bits per heavy atom. The quantitative estimate of drug-likeness (QED) is 0.613. The Morgan fingerprint density at radius 3 is 2.68 bits per heavy atom. The van der Waals surface area contributed by atoms with Crippen LogP contribution in [0.2, 0.25) is 0 Å². The number of carbonyl (C=O) groups excluding carboxylic acids is 1. The average Bonchev–Trinajstić information content (AvgIpc) is 2.37. The van der Waals surface area contributed by atoms with Crippen LogP contribution in [-0.4, -0.2) is 19.2 Å². The summed E-state index contributed by atoms with van der Waals surface area (Å²) >= 11 is 3.14. The largest absolute Gasteiger partial charge is 0.462 e. The number of rotatable bonds is 5. The van der Waals surface area contributed by atoms with Crippen LogP contribution >= 0.6 is 15.9 Å². The predicted octanol–water partition coefficient (Wildman–Crippen LogP) is 3.23. The number of hydrogen-bond acceptors (Lipinski definition) is 4. The number of nitriles is 1. The molecule has 4 nitrogen and oxygen atoms in total. The summed E-state index contributed by atoms with van der Waals surface area (Å²) < 4.78 is 33.9. The molecule has 0 aromatic heterocycles. The summed E-state index contributed by atoms with van der Waals surface area (Å²) in [5.74, 6) is -1.25. The monoisotopic (exact) mass is 333 g/mol. The van der Waals surface area contributed by atoms with Gasteiger partial charge in [0.25, 0.3) is 0 Å². The number of nitrogens with zero attached hydrogens (tertiary/aromatic N) is 1. The fourth-order valence-corrected chi connectivity index (χ4v) is 1.93. The minimum absolute atomic E-state index is 0.0887. The minimum atomic E-state index is -3.13. The summed E-state index contributed by atoms with van der Waals surface area (Å²) in [5.41, 5.74) is 0.110. The fourth-order valence-electron chi connectivity index (χ4n) is 1.46. The highest BCUT2D eigenvalue weighted by molar-refractivity contribution is 9.08. The molecule has 0 aliphatic carbocycles. The number of carbonyl (C=O) groups is 1. The first-order valence-electron chi connectivity index (χ1n) is 5.29. The van der Waals surface area contributed by atoms with Gasteiger partial charge in [0, 0.05) is 5.33 Å². The fraction of sp³-hybridized carbons (Fsp3) is 0.333. The van der Waals surface area contributed by atoms with E-state index in [4.69, 9.17) is 10.00 Å². The highest BCUT2D eigenvalue weighted by Gasteiger charge is 2.24. The highest BCUT2D eigenvalue weighted by Crippen LogP contribution is 2.30. The first-order valence-corrected chi connectivity index (χ1v) is 6.41. The molecule has 0 N–H and O–H groups in total. The van der Waals surface area contributed by atoms with E-state index in [1.807, 2.05) is 0 Å². The Kier molecular flexibility index (Phi) is 5.70. The second-order valence-electron chi connectivity index (χ2n) is 3.32. The highest BCUT2D eigenvalue weighted by atomic mass is 79.9. The lowest BCUT2D eigenvalue weighted by molar-refractivity contribution is -0.0506. The lowest BCUT2D eigenvalue weighted by atomic mass is 10.0. The molecule has 19 heavy (non-hydrogen) atoms. The second kappa shape index (κ2) is 7.04. The van der Waals surface area contributed by atoms with Crippen molar-refractivity contribution in [3.8, 4) is 11.8 Å². The summed E-state index contributed by atoms with van der Waals surface area (Å²) in [6.07, 6.45) is 0. The van der Waals surface area contributed by atoms with E-state index in [2.05, 4.69) is 20.7 Å². The molecule has 1 aromatic carbocycles. The molecule has 0 radical (unpaired) electrons. The molecular weight excluding hydrogens is 324 g/mol. The molecular formula is C12H10BrF2NO3. The van der Waals surface area contributed by atoms with Gasteiger partial charge in [-0.15, -0.1) is 0 Å². The van der Waals surface area contributed by atoms with Crippen molar-refractivity contribution in [1.82, 2.24) is 0 Å². The Hall–Kier alpha value is -1.68.